The number of allylic oxidation sites excluding steroid dienone is 2. The molecule has 1 aromatic carbocycles. The van der Waals surface area contributed by atoms with E-state index in [4.69, 9.17) is 9.84 Å². The van der Waals surface area contributed by atoms with Gasteiger partial charge >= 0.3 is 12.1 Å². The molecular weight excluding hydrogens is 405 g/mol. The molecule has 0 bridgehead atoms. The molecule has 0 spiro atoms. The molecule has 0 radical (unpaired) electrons. The number of hydrogen-bond acceptors (Lipinski definition) is 5. The van der Waals surface area contributed by atoms with Gasteiger partial charge < -0.3 is 14.7 Å². The Morgan fingerprint density at radius 3 is 2.69 bits per heavy atom. The second-order valence-corrected chi connectivity index (χ2v) is 7.75. The van der Waals surface area contributed by atoms with Gasteiger partial charge in [0.1, 0.15) is 12.3 Å². The third-order valence-electron chi connectivity index (χ3n) is 4.21. The van der Waals surface area contributed by atoms with Crippen LogP contribution in [0.5, 0.6) is 0 Å². The van der Waals surface area contributed by atoms with Crippen LogP contribution in [0.1, 0.15) is 15.4 Å². The summed E-state index contributed by atoms with van der Waals surface area (Å²) >= 11 is 1.48. The number of carboxylic acids is 1. The summed E-state index contributed by atoms with van der Waals surface area (Å²) in [5.74, 6) is -0.241. The number of carbonyl (C=O) groups is 1. The zero-order valence-corrected chi connectivity index (χ0v) is 16.4. The number of aliphatic carboxylic acids is 1. The van der Waals surface area contributed by atoms with Crippen LogP contribution in [-0.4, -0.2) is 40.7 Å². The van der Waals surface area contributed by atoms with Crippen molar-refractivity contribution in [2.75, 3.05) is 19.7 Å². The van der Waals surface area contributed by atoms with E-state index >= 15 is 0 Å². The van der Waals surface area contributed by atoms with Gasteiger partial charge in [0, 0.05) is 23.1 Å². The van der Waals surface area contributed by atoms with E-state index in [-0.39, 0.29) is 6.54 Å². The number of hydrogen-bond donors (Lipinski definition) is 1. The Morgan fingerprint density at radius 2 is 2.03 bits per heavy atom. The predicted molar refractivity (Wildman–Crippen MR) is 103 cm³/mol. The summed E-state index contributed by atoms with van der Waals surface area (Å²) in [6.07, 6.45) is 1.41. The highest BCUT2D eigenvalue weighted by molar-refractivity contribution is 7.12. The van der Waals surface area contributed by atoms with Crippen LogP contribution in [0.15, 0.2) is 48.4 Å². The van der Waals surface area contributed by atoms with Crippen molar-refractivity contribution in [3.63, 3.8) is 0 Å². The first-order chi connectivity index (χ1) is 13.7. The van der Waals surface area contributed by atoms with Gasteiger partial charge in [-0.05, 0) is 31.2 Å². The predicted octanol–water partition coefficient (Wildman–Crippen LogP) is 4.49. The van der Waals surface area contributed by atoms with Crippen molar-refractivity contribution in [2.45, 2.75) is 19.5 Å². The Morgan fingerprint density at radius 1 is 1.31 bits per heavy atom. The number of rotatable bonds is 7. The average molecular weight is 424 g/mol. The number of carboxylic acid groups (broad SMARTS) is 1. The quantitative estimate of drug-likeness (QED) is 0.710. The molecule has 1 aliphatic heterocycles. The van der Waals surface area contributed by atoms with Crippen LogP contribution in [0.3, 0.4) is 0 Å². The number of benzene rings is 1. The fraction of sp³-hybridized carbons (Fsp3) is 0.300. The number of ether oxygens (including phenoxy) is 1. The fourth-order valence-corrected chi connectivity index (χ4v) is 3.80. The number of halogens is 3. The number of aryl methyl sites for hydroxylation is 1. The largest absolute Gasteiger partial charge is 0.496 e. The van der Waals surface area contributed by atoms with Crippen LogP contribution in [0.2, 0.25) is 0 Å². The SMILES string of the molecule is Cc1sc(CCOC2=CC=CN(CC(=O)O)C2)nc1-c1ccc(C(F)(F)F)cc1. The molecule has 0 fully saturated rings. The van der Waals surface area contributed by atoms with Crippen molar-refractivity contribution >= 4 is 17.3 Å². The third-order valence-corrected chi connectivity index (χ3v) is 5.24. The molecule has 1 N–H and O–H groups in total. The maximum atomic E-state index is 12.7. The third kappa shape index (κ3) is 5.60. The summed E-state index contributed by atoms with van der Waals surface area (Å²) in [5, 5.41) is 9.68. The van der Waals surface area contributed by atoms with E-state index in [1.165, 1.54) is 23.5 Å². The lowest BCUT2D eigenvalue weighted by atomic mass is 10.1. The Hall–Kier alpha value is -2.81. The molecule has 1 aromatic heterocycles. The monoisotopic (exact) mass is 424 g/mol. The summed E-state index contributed by atoms with van der Waals surface area (Å²) in [7, 11) is 0. The summed E-state index contributed by atoms with van der Waals surface area (Å²) in [5.41, 5.74) is 0.629. The van der Waals surface area contributed by atoms with Crippen LogP contribution in [0, 0.1) is 6.92 Å². The van der Waals surface area contributed by atoms with E-state index in [2.05, 4.69) is 4.98 Å². The van der Waals surface area contributed by atoms with Gasteiger partial charge in [0.25, 0.3) is 0 Å². The lowest BCUT2D eigenvalue weighted by Gasteiger charge is -2.22. The van der Waals surface area contributed by atoms with Gasteiger partial charge in [-0.3, -0.25) is 4.79 Å². The second-order valence-electron chi connectivity index (χ2n) is 6.46. The molecule has 0 saturated heterocycles. The van der Waals surface area contributed by atoms with Crippen molar-refractivity contribution in [3.8, 4) is 11.3 Å². The van der Waals surface area contributed by atoms with Crippen molar-refractivity contribution in [3.05, 3.63) is 63.8 Å². The Balaban J connectivity index is 1.58. The minimum absolute atomic E-state index is 0.0979. The lowest BCUT2D eigenvalue weighted by molar-refractivity contribution is -0.138. The van der Waals surface area contributed by atoms with Gasteiger partial charge in [-0.1, -0.05) is 12.1 Å². The Labute approximate surface area is 169 Å². The molecule has 5 nitrogen and oxygen atoms in total. The van der Waals surface area contributed by atoms with E-state index in [1.54, 1.807) is 23.3 Å². The van der Waals surface area contributed by atoms with Crippen molar-refractivity contribution in [1.82, 2.24) is 9.88 Å². The number of aromatic nitrogens is 1. The normalized spacial score (nSPS) is 14.1. The van der Waals surface area contributed by atoms with E-state index in [9.17, 15) is 18.0 Å². The molecule has 1 aliphatic rings. The van der Waals surface area contributed by atoms with Crippen molar-refractivity contribution in [1.29, 1.82) is 0 Å². The van der Waals surface area contributed by atoms with Crippen molar-refractivity contribution in [2.24, 2.45) is 0 Å². The molecule has 0 unspecified atom stereocenters. The van der Waals surface area contributed by atoms with Crippen LogP contribution < -0.4 is 0 Å². The van der Waals surface area contributed by atoms with Gasteiger partial charge in [0.2, 0.25) is 0 Å². The molecule has 2 heterocycles. The first-order valence-electron chi connectivity index (χ1n) is 8.82. The second kappa shape index (κ2) is 8.69. The van der Waals surface area contributed by atoms with Crippen LogP contribution in [0.4, 0.5) is 13.2 Å². The molecule has 9 heteroatoms. The zero-order chi connectivity index (χ0) is 21.0. The highest BCUT2D eigenvalue weighted by Gasteiger charge is 2.30. The summed E-state index contributed by atoms with van der Waals surface area (Å²) in [6.45, 7) is 2.54. The molecule has 0 amide bonds. The highest BCUT2D eigenvalue weighted by atomic mass is 32.1. The zero-order valence-electron chi connectivity index (χ0n) is 15.6. The Kier molecular flexibility index (Phi) is 6.26. The molecule has 154 valence electrons. The van der Waals surface area contributed by atoms with E-state index in [0.717, 1.165) is 22.0 Å². The van der Waals surface area contributed by atoms with Gasteiger partial charge in [0.15, 0.2) is 0 Å². The standard InChI is InChI=1S/C20H19F3N2O3S/c1-13-19(14-4-6-15(7-5-14)20(21,22)23)24-17(29-13)8-10-28-16-3-2-9-25(11-16)12-18(26)27/h2-7,9H,8,10-12H2,1H3,(H,26,27). The summed E-state index contributed by atoms with van der Waals surface area (Å²) < 4.78 is 43.9. The van der Waals surface area contributed by atoms with E-state index in [1.807, 2.05) is 6.92 Å². The molecule has 29 heavy (non-hydrogen) atoms. The van der Waals surface area contributed by atoms with Gasteiger partial charge in [-0.2, -0.15) is 13.2 Å². The van der Waals surface area contributed by atoms with Crippen LogP contribution >= 0.6 is 11.3 Å². The van der Waals surface area contributed by atoms with Gasteiger partial charge in [0.05, 0.1) is 29.4 Å². The summed E-state index contributed by atoms with van der Waals surface area (Å²) in [4.78, 5) is 17.9. The lowest BCUT2D eigenvalue weighted by Crippen LogP contribution is -2.28. The maximum absolute atomic E-state index is 12.7. The minimum atomic E-state index is -4.36. The molecular formula is C20H19F3N2O3S. The highest BCUT2D eigenvalue weighted by Crippen LogP contribution is 2.33. The fourth-order valence-electron chi connectivity index (χ4n) is 2.87. The summed E-state index contributed by atoms with van der Waals surface area (Å²) in [6, 6.07) is 4.98. The Bertz CT molecular complexity index is 933. The van der Waals surface area contributed by atoms with E-state index in [0.29, 0.717) is 36.6 Å². The molecule has 0 atom stereocenters. The molecule has 3 rings (SSSR count). The average Bonchev–Trinajstić information content (AvgIpc) is 3.01. The molecule has 0 saturated carbocycles. The smallest absolute Gasteiger partial charge is 0.416 e. The maximum Gasteiger partial charge on any atom is 0.416 e. The number of nitrogens with zero attached hydrogens (tertiary/aromatic N) is 2. The molecule has 0 aliphatic carbocycles. The molecule has 2 aromatic rings. The van der Waals surface area contributed by atoms with Crippen LogP contribution in [-0.2, 0) is 22.1 Å². The number of thiazole rings is 1. The topological polar surface area (TPSA) is 62.7 Å². The van der Waals surface area contributed by atoms with Crippen molar-refractivity contribution < 1.29 is 27.8 Å². The van der Waals surface area contributed by atoms with E-state index < -0.39 is 17.7 Å². The number of alkyl halides is 3. The van der Waals surface area contributed by atoms with Gasteiger partial charge in [-0.15, -0.1) is 11.3 Å². The minimum Gasteiger partial charge on any atom is -0.496 e. The van der Waals surface area contributed by atoms with Crippen LogP contribution in [0.25, 0.3) is 11.3 Å². The van der Waals surface area contributed by atoms with Gasteiger partial charge in [-0.25, -0.2) is 4.98 Å². The first-order valence-corrected chi connectivity index (χ1v) is 9.64. The first kappa shape index (κ1) is 20.9.